The number of aliphatic hydroxyl groups excluding tert-OH is 1. The van der Waals surface area contributed by atoms with Gasteiger partial charge in [-0.3, -0.25) is 0 Å². The standard InChI is InChI=1S/C12H19O/c1-7(13)11-5-8-6-12(11)10-4-2-3-9(8)10/h7-13H,1-6H2. The summed E-state index contributed by atoms with van der Waals surface area (Å²) in [5.41, 5.74) is 0. The molecule has 0 aromatic rings. The molecule has 1 heteroatoms. The summed E-state index contributed by atoms with van der Waals surface area (Å²) in [4.78, 5) is 0. The van der Waals surface area contributed by atoms with Crippen LogP contribution in [0.1, 0.15) is 32.1 Å². The quantitative estimate of drug-likeness (QED) is 0.654. The first kappa shape index (κ1) is 8.28. The smallest absolute Gasteiger partial charge is 0.0572 e. The van der Waals surface area contributed by atoms with Crippen LogP contribution in [0.4, 0.5) is 0 Å². The van der Waals surface area contributed by atoms with Gasteiger partial charge >= 0.3 is 0 Å². The largest absolute Gasteiger partial charge is 0.393 e. The molecule has 73 valence electrons. The Balaban J connectivity index is 1.82. The van der Waals surface area contributed by atoms with Gasteiger partial charge in [0.05, 0.1) is 6.10 Å². The molecule has 0 spiro atoms. The minimum absolute atomic E-state index is 0.295. The number of hydrogen-bond acceptors (Lipinski definition) is 1. The van der Waals surface area contributed by atoms with Crippen LogP contribution in [0.3, 0.4) is 0 Å². The summed E-state index contributed by atoms with van der Waals surface area (Å²) in [7, 11) is 0. The third-order valence-electron chi connectivity index (χ3n) is 4.97. The minimum atomic E-state index is -0.295. The molecule has 0 heterocycles. The van der Waals surface area contributed by atoms with Gasteiger partial charge in [-0.2, -0.15) is 0 Å². The predicted octanol–water partition coefficient (Wildman–Crippen LogP) is 2.25. The number of rotatable bonds is 1. The molecule has 1 radical (unpaired) electrons. The molecule has 3 rings (SSSR count). The predicted molar refractivity (Wildman–Crippen MR) is 51.9 cm³/mol. The molecular weight excluding hydrogens is 160 g/mol. The molecule has 0 saturated heterocycles. The Hall–Kier alpha value is -0.0400. The minimum Gasteiger partial charge on any atom is -0.393 e. The highest BCUT2D eigenvalue weighted by molar-refractivity contribution is 5.04. The fourth-order valence-electron chi connectivity index (χ4n) is 4.56. The van der Waals surface area contributed by atoms with Crippen molar-refractivity contribution in [2.75, 3.05) is 0 Å². The zero-order valence-electron chi connectivity index (χ0n) is 8.15. The lowest BCUT2D eigenvalue weighted by Gasteiger charge is -2.33. The lowest BCUT2D eigenvalue weighted by molar-refractivity contribution is 0.0735. The van der Waals surface area contributed by atoms with E-state index in [0.717, 1.165) is 23.7 Å². The molecule has 3 aliphatic rings. The first-order valence-electron chi connectivity index (χ1n) is 5.78. The van der Waals surface area contributed by atoms with Gasteiger partial charge in [0.25, 0.3) is 0 Å². The topological polar surface area (TPSA) is 20.2 Å². The van der Waals surface area contributed by atoms with Crippen LogP contribution in [0.25, 0.3) is 0 Å². The van der Waals surface area contributed by atoms with Crippen molar-refractivity contribution >= 4 is 0 Å². The van der Waals surface area contributed by atoms with Gasteiger partial charge in [-0.25, -0.2) is 0 Å². The van der Waals surface area contributed by atoms with Crippen LogP contribution < -0.4 is 0 Å². The van der Waals surface area contributed by atoms with Gasteiger partial charge in [0.1, 0.15) is 0 Å². The van der Waals surface area contributed by atoms with Gasteiger partial charge in [0.2, 0.25) is 0 Å². The summed E-state index contributed by atoms with van der Waals surface area (Å²) in [6.45, 7) is 3.81. The molecule has 1 N–H and O–H groups in total. The van der Waals surface area contributed by atoms with E-state index in [-0.39, 0.29) is 6.10 Å². The fourth-order valence-corrected chi connectivity index (χ4v) is 4.56. The second-order valence-corrected chi connectivity index (χ2v) is 5.39. The lowest BCUT2D eigenvalue weighted by Crippen LogP contribution is -2.30. The van der Waals surface area contributed by atoms with E-state index in [2.05, 4.69) is 6.92 Å². The average Bonchev–Trinajstić information content (AvgIpc) is 2.75. The van der Waals surface area contributed by atoms with Gasteiger partial charge < -0.3 is 5.11 Å². The molecule has 6 atom stereocenters. The SMILES string of the molecule is [CH2]C(O)C1CC2CC1C1CCCC21. The average molecular weight is 179 g/mol. The Morgan fingerprint density at radius 3 is 2.62 bits per heavy atom. The Kier molecular flexibility index (Phi) is 1.74. The monoisotopic (exact) mass is 179 g/mol. The first-order valence-corrected chi connectivity index (χ1v) is 5.78. The normalized spacial score (nSPS) is 55.4. The molecule has 0 amide bonds. The molecule has 1 nitrogen and oxygen atoms in total. The molecule has 0 aromatic carbocycles. The van der Waals surface area contributed by atoms with Gasteiger partial charge in [-0.05, 0) is 62.2 Å². The summed E-state index contributed by atoms with van der Waals surface area (Å²) in [5, 5.41) is 9.58. The maximum Gasteiger partial charge on any atom is 0.0572 e. The molecule has 3 fully saturated rings. The van der Waals surface area contributed by atoms with Crippen LogP contribution in [-0.4, -0.2) is 11.2 Å². The van der Waals surface area contributed by atoms with Crippen molar-refractivity contribution in [2.45, 2.75) is 38.2 Å². The van der Waals surface area contributed by atoms with E-state index < -0.39 is 0 Å². The number of hydrogen-bond donors (Lipinski definition) is 1. The maximum atomic E-state index is 9.58. The Bertz CT molecular complexity index is 209. The van der Waals surface area contributed by atoms with Crippen molar-refractivity contribution in [1.29, 1.82) is 0 Å². The van der Waals surface area contributed by atoms with Crippen molar-refractivity contribution in [2.24, 2.45) is 29.6 Å². The van der Waals surface area contributed by atoms with Crippen LogP contribution in [-0.2, 0) is 0 Å². The Labute approximate surface area is 80.5 Å². The second-order valence-electron chi connectivity index (χ2n) is 5.39. The Morgan fingerprint density at radius 2 is 1.85 bits per heavy atom. The molecule has 2 bridgehead atoms. The molecule has 13 heavy (non-hydrogen) atoms. The van der Waals surface area contributed by atoms with Crippen molar-refractivity contribution in [3.8, 4) is 0 Å². The van der Waals surface area contributed by atoms with E-state index in [1.165, 1.54) is 32.1 Å². The lowest BCUT2D eigenvalue weighted by atomic mass is 9.74. The summed E-state index contributed by atoms with van der Waals surface area (Å²) in [6.07, 6.45) is 6.75. The van der Waals surface area contributed by atoms with Gasteiger partial charge in [0, 0.05) is 0 Å². The molecule has 0 aliphatic heterocycles. The van der Waals surface area contributed by atoms with Crippen LogP contribution >= 0.6 is 0 Å². The molecule has 0 aromatic heterocycles. The van der Waals surface area contributed by atoms with Gasteiger partial charge in [0.15, 0.2) is 0 Å². The number of fused-ring (bicyclic) bond motifs is 5. The molecular formula is C12H19O. The molecule has 3 aliphatic carbocycles. The first-order chi connectivity index (χ1) is 6.27. The van der Waals surface area contributed by atoms with E-state index >= 15 is 0 Å². The van der Waals surface area contributed by atoms with Gasteiger partial charge in [-0.1, -0.05) is 6.42 Å². The highest BCUT2D eigenvalue weighted by atomic mass is 16.3. The van der Waals surface area contributed by atoms with E-state index in [9.17, 15) is 5.11 Å². The zero-order chi connectivity index (χ0) is 9.00. The zero-order valence-corrected chi connectivity index (χ0v) is 8.15. The van der Waals surface area contributed by atoms with E-state index in [0.29, 0.717) is 5.92 Å². The van der Waals surface area contributed by atoms with Crippen molar-refractivity contribution in [1.82, 2.24) is 0 Å². The summed E-state index contributed by atoms with van der Waals surface area (Å²) >= 11 is 0. The highest BCUT2D eigenvalue weighted by Gasteiger charge is 2.54. The van der Waals surface area contributed by atoms with Crippen LogP contribution in [0.5, 0.6) is 0 Å². The third-order valence-corrected chi connectivity index (χ3v) is 4.97. The van der Waals surface area contributed by atoms with E-state index in [4.69, 9.17) is 0 Å². The van der Waals surface area contributed by atoms with E-state index in [1.807, 2.05) is 0 Å². The second kappa shape index (κ2) is 2.73. The molecule has 3 saturated carbocycles. The van der Waals surface area contributed by atoms with Gasteiger partial charge in [-0.15, -0.1) is 0 Å². The summed E-state index contributed by atoms with van der Waals surface area (Å²) in [5.74, 6) is 4.35. The van der Waals surface area contributed by atoms with Crippen molar-refractivity contribution in [3.05, 3.63) is 6.92 Å². The summed E-state index contributed by atoms with van der Waals surface area (Å²) in [6, 6.07) is 0. The highest BCUT2D eigenvalue weighted by Crippen LogP contribution is 2.61. The van der Waals surface area contributed by atoms with Crippen molar-refractivity contribution in [3.63, 3.8) is 0 Å². The van der Waals surface area contributed by atoms with Crippen LogP contribution in [0.15, 0.2) is 0 Å². The fraction of sp³-hybridized carbons (Fsp3) is 0.917. The van der Waals surface area contributed by atoms with Crippen molar-refractivity contribution < 1.29 is 5.11 Å². The van der Waals surface area contributed by atoms with Crippen LogP contribution in [0.2, 0.25) is 0 Å². The maximum absolute atomic E-state index is 9.58. The number of aliphatic hydroxyl groups is 1. The summed E-state index contributed by atoms with van der Waals surface area (Å²) < 4.78 is 0. The third kappa shape index (κ3) is 1.03. The van der Waals surface area contributed by atoms with Crippen LogP contribution in [0, 0.1) is 36.5 Å². The molecule has 6 unspecified atom stereocenters. The Morgan fingerprint density at radius 1 is 1.08 bits per heavy atom. The van der Waals surface area contributed by atoms with E-state index in [1.54, 1.807) is 0 Å².